The van der Waals surface area contributed by atoms with Gasteiger partial charge in [-0.2, -0.15) is 0 Å². The number of amides is 1. The van der Waals surface area contributed by atoms with E-state index in [4.69, 9.17) is 4.42 Å². The van der Waals surface area contributed by atoms with Crippen molar-refractivity contribution in [1.82, 2.24) is 9.88 Å². The summed E-state index contributed by atoms with van der Waals surface area (Å²) < 4.78 is 18.6. The molecule has 0 saturated carbocycles. The molecule has 0 radical (unpaired) electrons. The summed E-state index contributed by atoms with van der Waals surface area (Å²) in [5.74, 6) is 2.14. The summed E-state index contributed by atoms with van der Waals surface area (Å²) in [6.07, 6.45) is 3.70. The Morgan fingerprint density at radius 1 is 1.25 bits per heavy atom. The second kappa shape index (κ2) is 7.16. The van der Waals surface area contributed by atoms with E-state index in [2.05, 4.69) is 18.8 Å². The van der Waals surface area contributed by atoms with Crippen LogP contribution in [0.1, 0.15) is 32.6 Å². The highest BCUT2D eigenvalue weighted by atomic mass is 19.1. The maximum absolute atomic E-state index is 13.0. The fourth-order valence-electron chi connectivity index (χ4n) is 3.41. The average Bonchev–Trinajstić information content (AvgIpc) is 3.01. The molecule has 1 aromatic carbocycles. The molecule has 5 heteroatoms. The van der Waals surface area contributed by atoms with Crippen LogP contribution in [-0.2, 0) is 11.2 Å². The summed E-state index contributed by atoms with van der Waals surface area (Å²) in [6.45, 7) is 6.07. The van der Waals surface area contributed by atoms with Crippen molar-refractivity contribution in [2.75, 3.05) is 13.1 Å². The predicted octanol–water partition coefficient (Wildman–Crippen LogP) is 3.92. The first kappa shape index (κ1) is 16.7. The van der Waals surface area contributed by atoms with Crippen LogP contribution >= 0.6 is 0 Å². The van der Waals surface area contributed by atoms with Crippen molar-refractivity contribution in [3.05, 3.63) is 42.2 Å². The van der Waals surface area contributed by atoms with Crippen LogP contribution in [0.3, 0.4) is 0 Å². The quantitative estimate of drug-likeness (QED) is 0.853. The van der Waals surface area contributed by atoms with Crippen LogP contribution in [0, 0.1) is 17.7 Å². The van der Waals surface area contributed by atoms with Crippen LogP contribution in [-0.4, -0.2) is 28.9 Å². The van der Waals surface area contributed by atoms with Crippen molar-refractivity contribution in [2.24, 2.45) is 11.8 Å². The number of carbonyl (C=O) groups excluding carboxylic acids is 1. The lowest BCUT2D eigenvalue weighted by Gasteiger charge is -2.35. The first-order chi connectivity index (χ1) is 11.5. The molecule has 0 spiro atoms. The molecule has 1 saturated heterocycles. The van der Waals surface area contributed by atoms with E-state index >= 15 is 0 Å². The van der Waals surface area contributed by atoms with Gasteiger partial charge in [0.2, 0.25) is 5.91 Å². The maximum atomic E-state index is 13.0. The van der Waals surface area contributed by atoms with E-state index in [1.165, 1.54) is 18.6 Å². The van der Waals surface area contributed by atoms with Crippen LogP contribution in [0.4, 0.5) is 4.39 Å². The lowest BCUT2D eigenvalue weighted by atomic mass is 9.91. The van der Waals surface area contributed by atoms with Gasteiger partial charge in [-0.1, -0.05) is 13.8 Å². The molecule has 1 fully saturated rings. The Morgan fingerprint density at radius 2 is 1.92 bits per heavy atom. The predicted molar refractivity (Wildman–Crippen MR) is 89.7 cm³/mol. The molecule has 2 heterocycles. The molecule has 0 aliphatic carbocycles. The Hall–Kier alpha value is -2.17. The monoisotopic (exact) mass is 330 g/mol. The summed E-state index contributed by atoms with van der Waals surface area (Å²) in [5.41, 5.74) is 0.778. The Balaban J connectivity index is 1.57. The molecular weight excluding hydrogens is 307 g/mol. The SMILES string of the molecule is C[C@H]1C[C@H](C)CN(C(=O)CCc2ncc(-c3ccc(F)cc3)o2)C1. The zero-order chi connectivity index (χ0) is 17.1. The number of halogens is 1. The highest BCUT2D eigenvalue weighted by Crippen LogP contribution is 2.23. The lowest BCUT2D eigenvalue weighted by Crippen LogP contribution is -2.42. The van der Waals surface area contributed by atoms with Crippen LogP contribution in [0.25, 0.3) is 11.3 Å². The Kier molecular flexibility index (Phi) is 4.97. The van der Waals surface area contributed by atoms with Crippen LogP contribution < -0.4 is 0 Å². The topological polar surface area (TPSA) is 46.3 Å². The van der Waals surface area contributed by atoms with Crippen LogP contribution in [0.15, 0.2) is 34.9 Å². The third-order valence-corrected chi connectivity index (χ3v) is 4.46. The number of benzene rings is 1. The lowest BCUT2D eigenvalue weighted by molar-refractivity contribution is -0.133. The Morgan fingerprint density at radius 3 is 2.58 bits per heavy atom. The number of nitrogens with zero attached hydrogens (tertiary/aromatic N) is 2. The maximum Gasteiger partial charge on any atom is 0.223 e. The largest absolute Gasteiger partial charge is 0.441 e. The number of aromatic nitrogens is 1. The number of hydrogen-bond donors (Lipinski definition) is 0. The van der Waals surface area contributed by atoms with E-state index in [9.17, 15) is 9.18 Å². The zero-order valence-electron chi connectivity index (χ0n) is 14.2. The minimum Gasteiger partial charge on any atom is -0.441 e. The molecule has 3 rings (SSSR count). The standard InChI is InChI=1S/C19H23FN2O2/c1-13-9-14(2)12-22(11-13)19(23)8-7-18-21-10-17(24-18)15-3-5-16(20)6-4-15/h3-6,10,13-14H,7-9,11-12H2,1-2H3/t13-,14-/m0/s1. The van der Waals surface area contributed by atoms with Gasteiger partial charge in [-0.15, -0.1) is 0 Å². The van der Waals surface area contributed by atoms with Gasteiger partial charge in [0.05, 0.1) is 6.20 Å². The van der Waals surface area contributed by atoms with Crippen LogP contribution in [0.5, 0.6) is 0 Å². The van der Waals surface area contributed by atoms with Gasteiger partial charge >= 0.3 is 0 Å². The first-order valence-electron chi connectivity index (χ1n) is 8.49. The van der Waals surface area contributed by atoms with E-state index < -0.39 is 0 Å². The third-order valence-electron chi connectivity index (χ3n) is 4.46. The fourth-order valence-corrected chi connectivity index (χ4v) is 3.41. The first-order valence-corrected chi connectivity index (χ1v) is 8.49. The van der Waals surface area contributed by atoms with Crippen molar-refractivity contribution < 1.29 is 13.6 Å². The highest BCUT2D eigenvalue weighted by Gasteiger charge is 2.25. The van der Waals surface area contributed by atoms with Crippen molar-refractivity contribution >= 4 is 5.91 Å². The van der Waals surface area contributed by atoms with Crippen molar-refractivity contribution in [3.63, 3.8) is 0 Å². The number of likely N-dealkylation sites (tertiary alicyclic amines) is 1. The molecule has 4 nitrogen and oxygen atoms in total. The van der Waals surface area contributed by atoms with Gasteiger partial charge in [-0.05, 0) is 42.5 Å². The third kappa shape index (κ3) is 4.02. The van der Waals surface area contributed by atoms with Gasteiger partial charge in [0.15, 0.2) is 11.7 Å². The van der Waals surface area contributed by atoms with Crippen LogP contribution in [0.2, 0.25) is 0 Å². The van der Waals surface area contributed by atoms with Gasteiger partial charge in [0, 0.05) is 31.5 Å². The van der Waals surface area contributed by atoms with Gasteiger partial charge in [-0.3, -0.25) is 4.79 Å². The number of oxazole rings is 1. The number of carbonyl (C=O) groups is 1. The number of piperidine rings is 1. The summed E-state index contributed by atoms with van der Waals surface area (Å²) >= 11 is 0. The molecule has 1 aliphatic heterocycles. The Bertz CT molecular complexity index is 686. The zero-order valence-corrected chi connectivity index (χ0v) is 14.2. The molecule has 1 aromatic heterocycles. The van der Waals surface area contributed by atoms with E-state index in [0.29, 0.717) is 36.3 Å². The average molecular weight is 330 g/mol. The van der Waals surface area contributed by atoms with E-state index in [1.807, 2.05) is 4.90 Å². The molecule has 2 aromatic rings. The van der Waals surface area contributed by atoms with Gasteiger partial charge in [0.1, 0.15) is 5.82 Å². The number of hydrogen-bond acceptors (Lipinski definition) is 3. The van der Waals surface area contributed by atoms with Gasteiger partial charge in [0.25, 0.3) is 0 Å². The highest BCUT2D eigenvalue weighted by molar-refractivity contribution is 5.76. The summed E-state index contributed by atoms with van der Waals surface area (Å²) in [7, 11) is 0. The van der Waals surface area contributed by atoms with Gasteiger partial charge < -0.3 is 9.32 Å². The van der Waals surface area contributed by atoms with E-state index in [-0.39, 0.29) is 11.7 Å². The summed E-state index contributed by atoms with van der Waals surface area (Å²) in [6, 6.07) is 6.09. The molecule has 2 atom stereocenters. The molecule has 1 aliphatic rings. The second-order valence-electron chi connectivity index (χ2n) is 6.87. The second-order valence-corrected chi connectivity index (χ2v) is 6.87. The number of aryl methyl sites for hydroxylation is 1. The van der Waals surface area contributed by atoms with E-state index in [1.54, 1.807) is 18.3 Å². The summed E-state index contributed by atoms with van der Waals surface area (Å²) in [5, 5.41) is 0. The fraction of sp³-hybridized carbons (Fsp3) is 0.474. The van der Waals surface area contributed by atoms with Gasteiger partial charge in [-0.25, -0.2) is 9.37 Å². The number of rotatable bonds is 4. The normalized spacial score (nSPS) is 21.0. The molecule has 0 bridgehead atoms. The minimum absolute atomic E-state index is 0.162. The molecule has 128 valence electrons. The van der Waals surface area contributed by atoms with Crippen molar-refractivity contribution in [2.45, 2.75) is 33.1 Å². The molecule has 0 unspecified atom stereocenters. The minimum atomic E-state index is -0.283. The van der Waals surface area contributed by atoms with Crippen molar-refractivity contribution in [3.8, 4) is 11.3 Å². The molecule has 1 amide bonds. The van der Waals surface area contributed by atoms with E-state index in [0.717, 1.165) is 18.7 Å². The molecule has 0 N–H and O–H groups in total. The summed E-state index contributed by atoms with van der Waals surface area (Å²) in [4.78, 5) is 18.6. The Labute approximate surface area is 141 Å². The molecule has 24 heavy (non-hydrogen) atoms. The smallest absolute Gasteiger partial charge is 0.223 e. The molecular formula is C19H23FN2O2. The van der Waals surface area contributed by atoms with Crippen molar-refractivity contribution in [1.29, 1.82) is 0 Å².